The van der Waals surface area contributed by atoms with E-state index in [0.717, 1.165) is 12.1 Å². The van der Waals surface area contributed by atoms with E-state index in [1.165, 1.54) is 60.2 Å². The minimum atomic E-state index is 0.799. The fourth-order valence-corrected chi connectivity index (χ4v) is 5.73. The molecule has 0 N–H and O–H groups in total. The maximum Gasteiger partial charge on any atom is 0.0625 e. The summed E-state index contributed by atoms with van der Waals surface area (Å²) in [4.78, 5) is 4.68. The third kappa shape index (κ3) is 3.53. The van der Waals surface area contributed by atoms with Crippen LogP contribution in [0, 0.1) is 6.92 Å². The van der Waals surface area contributed by atoms with Crippen LogP contribution in [0.25, 0.3) is 49.0 Å². The van der Waals surface area contributed by atoms with Crippen molar-refractivity contribution in [2.24, 2.45) is 4.99 Å². The van der Waals surface area contributed by atoms with Crippen LogP contribution in [-0.2, 0) is 6.42 Å². The predicted octanol–water partition coefficient (Wildman–Crippen LogP) is 9.34. The quantitative estimate of drug-likeness (QED) is 0.179. The van der Waals surface area contributed by atoms with Crippen LogP contribution in [0.1, 0.15) is 11.1 Å². The molecule has 176 valence electrons. The zero-order valence-electron chi connectivity index (χ0n) is 20.7. The molecule has 2 heteroatoms. The molecule has 0 atom stereocenters. The molecule has 37 heavy (non-hydrogen) atoms. The van der Waals surface area contributed by atoms with E-state index in [0.29, 0.717) is 0 Å². The van der Waals surface area contributed by atoms with Crippen LogP contribution in [0.3, 0.4) is 0 Å². The maximum absolute atomic E-state index is 4.68. The monoisotopic (exact) mass is 474 g/mol. The molecule has 2 nitrogen and oxygen atoms in total. The summed E-state index contributed by atoms with van der Waals surface area (Å²) in [7, 11) is 0. The minimum absolute atomic E-state index is 0.799. The van der Waals surface area contributed by atoms with Crippen LogP contribution in [0.5, 0.6) is 0 Å². The van der Waals surface area contributed by atoms with Crippen LogP contribution in [0.4, 0.5) is 5.69 Å². The molecule has 1 aromatic heterocycles. The first-order valence-electron chi connectivity index (χ1n) is 12.8. The number of benzene rings is 6. The summed E-state index contributed by atoms with van der Waals surface area (Å²) in [5, 5.41) is 7.65. The van der Waals surface area contributed by atoms with Crippen LogP contribution in [0.2, 0.25) is 0 Å². The third-order valence-electron chi connectivity index (χ3n) is 7.48. The van der Waals surface area contributed by atoms with Gasteiger partial charge in [-0.05, 0) is 59.2 Å². The zero-order chi connectivity index (χ0) is 24.8. The number of nitrogens with zero attached hydrogens (tertiary/aromatic N) is 2. The van der Waals surface area contributed by atoms with E-state index >= 15 is 0 Å². The fourth-order valence-electron chi connectivity index (χ4n) is 5.73. The van der Waals surface area contributed by atoms with Gasteiger partial charge in [0.1, 0.15) is 0 Å². The summed E-state index contributed by atoms with van der Waals surface area (Å²) < 4.78 is 2.48. The third-order valence-corrected chi connectivity index (χ3v) is 7.48. The lowest BCUT2D eigenvalue weighted by atomic mass is 9.99. The first-order chi connectivity index (χ1) is 18.3. The van der Waals surface area contributed by atoms with Gasteiger partial charge in [0.25, 0.3) is 0 Å². The Kier molecular flexibility index (Phi) is 5.11. The van der Waals surface area contributed by atoms with Gasteiger partial charge in [0.2, 0.25) is 0 Å². The molecule has 0 aliphatic heterocycles. The Labute approximate surface area is 216 Å². The number of aliphatic imine (C=N–C) groups is 1. The molecular formula is C35H26N2. The largest absolute Gasteiger partial charge is 0.308 e. The van der Waals surface area contributed by atoms with E-state index in [4.69, 9.17) is 0 Å². The van der Waals surface area contributed by atoms with Crippen molar-refractivity contribution in [3.63, 3.8) is 0 Å². The van der Waals surface area contributed by atoms with Gasteiger partial charge in [-0.1, -0.05) is 91.0 Å². The van der Waals surface area contributed by atoms with Gasteiger partial charge < -0.3 is 4.57 Å². The number of rotatable bonds is 4. The van der Waals surface area contributed by atoms with Gasteiger partial charge in [-0.2, -0.15) is 0 Å². The number of fused-ring (bicyclic) bond motifs is 5. The van der Waals surface area contributed by atoms with E-state index in [1.807, 2.05) is 36.5 Å². The number of hydrogen-bond acceptors (Lipinski definition) is 1. The first kappa shape index (κ1) is 21.6. The average molecular weight is 475 g/mol. The summed E-state index contributed by atoms with van der Waals surface area (Å²) in [5.41, 5.74) is 7.33. The Bertz CT molecular complexity index is 1910. The summed E-state index contributed by atoms with van der Waals surface area (Å²) >= 11 is 0. The second kappa shape index (κ2) is 8.76. The smallest absolute Gasteiger partial charge is 0.0625 e. The van der Waals surface area contributed by atoms with E-state index in [2.05, 4.69) is 107 Å². The standard InChI is InChI=1S/C35H26N2/c1-24-25(21-22-36-28-13-3-2-4-14-28)19-20-33-34(24)31-17-9-10-18-32(31)37(33)35-29-15-7-5-11-26(29)23-27-12-6-8-16-30(27)35/h2-20,22-23H,21H2,1H3. The van der Waals surface area contributed by atoms with Crippen LogP contribution < -0.4 is 0 Å². The van der Waals surface area contributed by atoms with Crippen LogP contribution >= 0.6 is 0 Å². The zero-order valence-corrected chi connectivity index (χ0v) is 20.7. The van der Waals surface area contributed by atoms with Gasteiger partial charge in [0.15, 0.2) is 0 Å². The second-order valence-corrected chi connectivity index (χ2v) is 9.62. The van der Waals surface area contributed by atoms with Crippen LogP contribution in [-0.4, -0.2) is 10.8 Å². The van der Waals surface area contributed by atoms with Crippen molar-refractivity contribution >= 4 is 55.3 Å². The van der Waals surface area contributed by atoms with Gasteiger partial charge in [-0.3, -0.25) is 4.99 Å². The highest BCUT2D eigenvalue weighted by Crippen LogP contribution is 2.40. The predicted molar refractivity (Wildman–Crippen MR) is 159 cm³/mol. The lowest BCUT2D eigenvalue weighted by molar-refractivity contribution is 1.20. The van der Waals surface area contributed by atoms with Crippen molar-refractivity contribution in [3.8, 4) is 5.69 Å². The number of hydrogen-bond donors (Lipinski definition) is 0. The molecule has 0 fully saturated rings. The normalized spacial score (nSPS) is 11.9. The van der Waals surface area contributed by atoms with E-state index in [9.17, 15) is 0 Å². The molecule has 0 saturated carbocycles. The van der Waals surface area contributed by atoms with Crippen molar-refractivity contribution < 1.29 is 0 Å². The minimum Gasteiger partial charge on any atom is -0.308 e. The summed E-state index contributed by atoms with van der Waals surface area (Å²) in [6, 6.07) is 43.3. The first-order valence-corrected chi connectivity index (χ1v) is 12.8. The van der Waals surface area contributed by atoms with Gasteiger partial charge in [0.05, 0.1) is 22.4 Å². The summed E-state index contributed by atoms with van der Waals surface area (Å²) in [6.07, 6.45) is 2.83. The molecule has 0 saturated heterocycles. The maximum atomic E-state index is 4.68. The van der Waals surface area contributed by atoms with Crippen molar-refractivity contribution in [3.05, 3.63) is 132 Å². The molecule has 7 rings (SSSR count). The lowest BCUT2D eigenvalue weighted by Gasteiger charge is -2.16. The fraction of sp³-hybridized carbons (Fsp3) is 0.0571. The highest BCUT2D eigenvalue weighted by molar-refractivity contribution is 6.15. The Hall–Kier alpha value is -4.69. The van der Waals surface area contributed by atoms with Gasteiger partial charge in [0, 0.05) is 34.2 Å². The summed E-state index contributed by atoms with van der Waals surface area (Å²) in [6.45, 7) is 2.26. The molecule has 6 aromatic carbocycles. The molecule has 0 unspecified atom stereocenters. The molecule has 1 heterocycles. The van der Waals surface area contributed by atoms with Crippen molar-refractivity contribution in [2.75, 3.05) is 0 Å². The van der Waals surface area contributed by atoms with Crippen molar-refractivity contribution in [2.45, 2.75) is 13.3 Å². The molecule has 0 spiro atoms. The Balaban J connectivity index is 1.50. The molecule has 0 bridgehead atoms. The molecule has 7 aromatic rings. The van der Waals surface area contributed by atoms with Crippen molar-refractivity contribution in [1.82, 2.24) is 4.57 Å². The lowest BCUT2D eigenvalue weighted by Crippen LogP contribution is -1.98. The van der Waals surface area contributed by atoms with E-state index < -0.39 is 0 Å². The van der Waals surface area contributed by atoms with E-state index in [-0.39, 0.29) is 0 Å². The molecule has 0 amide bonds. The van der Waals surface area contributed by atoms with Crippen LogP contribution in [0.15, 0.2) is 126 Å². The molecule has 0 radical (unpaired) electrons. The number of aryl methyl sites for hydroxylation is 1. The highest BCUT2D eigenvalue weighted by Gasteiger charge is 2.18. The Morgan fingerprint density at radius 2 is 1.24 bits per heavy atom. The SMILES string of the molecule is Cc1c(CC=Nc2ccccc2)ccc2c1c1ccccc1n2-c1c2ccccc2cc2ccccc12. The molecule has 0 aliphatic rings. The van der Waals surface area contributed by atoms with E-state index in [1.54, 1.807) is 0 Å². The van der Waals surface area contributed by atoms with Gasteiger partial charge in [-0.15, -0.1) is 0 Å². The second-order valence-electron chi connectivity index (χ2n) is 9.62. The Morgan fingerprint density at radius 3 is 1.97 bits per heavy atom. The topological polar surface area (TPSA) is 17.3 Å². The van der Waals surface area contributed by atoms with Gasteiger partial charge >= 0.3 is 0 Å². The molecule has 0 aliphatic carbocycles. The number of para-hydroxylation sites is 2. The highest BCUT2D eigenvalue weighted by atomic mass is 15.0. The Morgan fingerprint density at radius 1 is 0.622 bits per heavy atom. The van der Waals surface area contributed by atoms with Gasteiger partial charge in [-0.25, -0.2) is 0 Å². The summed E-state index contributed by atoms with van der Waals surface area (Å²) in [5.74, 6) is 0. The number of aromatic nitrogens is 1. The average Bonchev–Trinajstić information content (AvgIpc) is 3.28. The van der Waals surface area contributed by atoms with Crippen molar-refractivity contribution in [1.29, 1.82) is 0 Å². The molecular weight excluding hydrogens is 448 g/mol.